The Hall–Kier alpha value is -0.870. The average Bonchev–Trinajstić information content (AvgIpc) is 2.26. The lowest BCUT2D eigenvalue weighted by atomic mass is 10.0. The van der Waals surface area contributed by atoms with Crippen LogP contribution in [0.3, 0.4) is 0 Å². The highest BCUT2D eigenvalue weighted by atomic mass is 32.2. The Kier molecular flexibility index (Phi) is 5.15. The Balaban J connectivity index is 2.69. The van der Waals surface area contributed by atoms with E-state index in [9.17, 15) is 8.42 Å². The molecule has 96 valence electrons. The summed E-state index contributed by atoms with van der Waals surface area (Å²) in [6, 6.07) is 7.68. The highest BCUT2D eigenvalue weighted by molar-refractivity contribution is 7.90. The van der Waals surface area contributed by atoms with Gasteiger partial charge in [0.05, 0.1) is 11.5 Å². The van der Waals surface area contributed by atoms with Crippen LogP contribution in [0.1, 0.15) is 37.3 Å². The molecule has 0 atom stereocenters. The second-order valence-corrected chi connectivity index (χ2v) is 6.75. The predicted molar refractivity (Wildman–Crippen MR) is 69.7 cm³/mol. The molecule has 0 aliphatic heterocycles. The molecular formula is C13H20O3S. The van der Waals surface area contributed by atoms with Gasteiger partial charge < -0.3 is 5.11 Å². The van der Waals surface area contributed by atoms with Crippen molar-refractivity contribution < 1.29 is 13.5 Å². The summed E-state index contributed by atoms with van der Waals surface area (Å²) in [5.41, 5.74) is 2.02. The van der Waals surface area contributed by atoms with Gasteiger partial charge >= 0.3 is 0 Å². The minimum absolute atomic E-state index is 0.0510. The van der Waals surface area contributed by atoms with Crippen LogP contribution in [0, 0.1) is 0 Å². The van der Waals surface area contributed by atoms with E-state index in [1.807, 2.05) is 24.3 Å². The predicted octanol–water partition coefficient (Wildman–Crippen LogP) is 2.11. The van der Waals surface area contributed by atoms with E-state index in [1.54, 1.807) is 0 Å². The fourth-order valence-corrected chi connectivity index (χ4v) is 3.02. The van der Waals surface area contributed by atoms with E-state index in [4.69, 9.17) is 5.11 Å². The first kappa shape index (κ1) is 14.2. The molecule has 1 aromatic rings. The molecule has 0 bridgehead atoms. The summed E-state index contributed by atoms with van der Waals surface area (Å²) < 4.78 is 23.3. The van der Waals surface area contributed by atoms with Crippen molar-refractivity contribution in [2.45, 2.75) is 31.9 Å². The fraction of sp³-hybridized carbons (Fsp3) is 0.538. The molecule has 0 aliphatic rings. The van der Waals surface area contributed by atoms with Gasteiger partial charge in [0, 0.05) is 6.61 Å². The maximum absolute atomic E-state index is 11.7. The van der Waals surface area contributed by atoms with Crippen LogP contribution in [0.2, 0.25) is 0 Å². The van der Waals surface area contributed by atoms with E-state index in [0.29, 0.717) is 12.3 Å². The lowest BCUT2D eigenvalue weighted by Crippen LogP contribution is -2.10. The van der Waals surface area contributed by atoms with Gasteiger partial charge in [0.25, 0.3) is 0 Å². The van der Waals surface area contributed by atoms with E-state index in [-0.39, 0.29) is 18.1 Å². The Morgan fingerprint density at radius 3 is 2.24 bits per heavy atom. The Morgan fingerprint density at radius 2 is 1.76 bits per heavy atom. The van der Waals surface area contributed by atoms with Gasteiger partial charge in [-0.3, -0.25) is 0 Å². The maximum Gasteiger partial charge on any atom is 0.154 e. The molecule has 0 aliphatic carbocycles. The molecule has 0 heterocycles. The second-order valence-electron chi connectivity index (χ2n) is 4.57. The summed E-state index contributed by atoms with van der Waals surface area (Å²) in [5.74, 6) is 0.566. The van der Waals surface area contributed by atoms with Crippen LogP contribution in [0.5, 0.6) is 0 Å². The quantitative estimate of drug-likeness (QED) is 0.848. The molecule has 1 rings (SSSR count). The number of aliphatic hydroxyl groups excluding tert-OH is 1. The lowest BCUT2D eigenvalue weighted by Gasteiger charge is -2.07. The summed E-state index contributed by atoms with van der Waals surface area (Å²) in [5, 5.41) is 8.63. The SMILES string of the molecule is CC(C)c1ccc(CS(=O)(=O)CCCO)cc1. The van der Waals surface area contributed by atoms with Gasteiger partial charge in [-0.1, -0.05) is 38.1 Å². The third-order valence-electron chi connectivity index (χ3n) is 2.65. The van der Waals surface area contributed by atoms with E-state index in [2.05, 4.69) is 13.8 Å². The minimum atomic E-state index is -3.09. The zero-order chi connectivity index (χ0) is 12.9. The molecule has 4 heteroatoms. The van der Waals surface area contributed by atoms with E-state index < -0.39 is 9.84 Å². The summed E-state index contributed by atoms with van der Waals surface area (Å²) in [6.45, 7) is 4.13. The zero-order valence-electron chi connectivity index (χ0n) is 10.4. The molecule has 0 fully saturated rings. The van der Waals surface area contributed by atoms with E-state index in [1.165, 1.54) is 5.56 Å². The molecule has 1 aromatic carbocycles. The monoisotopic (exact) mass is 256 g/mol. The summed E-state index contributed by atoms with van der Waals surface area (Å²) >= 11 is 0. The van der Waals surface area contributed by atoms with Gasteiger partial charge in [-0.15, -0.1) is 0 Å². The largest absolute Gasteiger partial charge is 0.396 e. The molecule has 0 amide bonds. The molecule has 0 spiro atoms. The van der Waals surface area contributed by atoms with Gasteiger partial charge in [0.2, 0.25) is 0 Å². The lowest BCUT2D eigenvalue weighted by molar-refractivity contribution is 0.295. The molecule has 17 heavy (non-hydrogen) atoms. The first-order chi connectivity index (χ1) is 7.94. The smallest absolute Gasteiger partial charge is 0.154 e. The molecule has 1 N–H and O–H groups in total. The van der Waals surface area contributed by atoms with Gasteiger partial charge in [-0.2, -0.15) is 0 Å². The molecule has 0 saturated carbocycles. The number of aliphatic hydroxyl groups is 1. The number of rotatable bonds is 6. The van der Waals surface area contributed by atoms with E-state index >= 15 is 0 Å². The second kappa shape index (κ2) is 6.17. The first-order valence-corrected chi connectivity index (χ1v) is 7.67. The van der Waals surface area contributed by atoms with Crippen molar-refractivity contribution in [2.24, 2.45) is 0 Å². The van der Waals surface area contributed by atoms with Crippen LogP contribution in [-0.2, 0) is 15.6 Å². The van der Waals surface area contributed by atoms with Crippen LogP contribution < -0.4 is 0 Å². The van der Waals surface area contributed by atoms with Crippen molar-refractivity contribution in [3.05, 3.63) is 35.4 Å². The van der Waals surface area contributed by atoms with Gasteiger partial charge in [0.1, 0.15) is 0 Å². The highest BCUT2D eigenvalue weighted by Gasteiger charge is 2.11. The number of benzene rings is 1. The Bertz CT molecular complexity index is 432. The minimum Gasteiger partial charge on any atom is -0.396 e. The summed E-state index contributed by atoms with van der Waals surface area (Å²) in [7, 11) is -3.09. The van der Waals surface area contributed by atoms with Gasteiger partial charge in [0.15, 0.2) is 9.84 Å². The Morgan fingerprint density at radius 1 is 1.18 bits per heavy atom. The van der Waals surface area contributed by atoms with Crippen LogP contribution in [-0.4, -0.2) is 25.9 Å². The maximum atomic E-state index is 11.7. The van der Waals surface area contributed by atoms with Crippen LogP contribution in [0.25, 0.3) is 0 Å². The summed E-state index contributed by atoms with van der Waals surface area (Å²) in [4.78, 5) is 0. The highest BCUT2D eigenvalue weighted by Crippen LogP contribution is 2.16. The van der Waals surface area contributed by atoms with Crippen LogP contribution >= 0.6 is 0 Å². The standard InChI is InChI=1S/C13H20O3S/c1-11(2)13-6-4-12(5-7-13)10-17(15,16)9-3-8-14/h4-7,11,14H,3,8-10H2,1-2H3. The molecule has 0 saturated heterocycles. The molecule has 0 aromatic heterocycles. The van der Waals surface area contributed by atoms with Gasteiger partial charge in [-0.25, -0.2) is 8.42 Å². The van der Waals surface area contributed by atoms with Crippen molar-refractivity contribution in [1.29, 1.82) is 0 Å². The normalized spacial score (nSPS) is 12.0. The van der Waals surface area contributed by atoms with Crippen LogP contribution in [0.15, 0.2) is 24.3 Å². The van der Waals surface area contributed by atoms with E-state index in [0.717, 1.165) is 5.56 Å². The molecule has 0 radical (unpaired) electrons. The van der Waals surface area contributed by atoms with Gasteiger partial charge in [-0.05, 0) is 23.5 Å². The van der Waals surface area contributed by atoms with Crippen molar-refractivity contribution in [3.63, 3.8) is 0 Å². The third-order valence-corrected chi connectivity index (χ3v) is 4.33. The van der Waals surface area contributed by atoms with Crippen molar-refractivity contribution in [3.8, 4) is 0 Å². The van der Waals surface area contributed by atoms with Crippen LogP contribution in [0.4, 0.5) is 0 Å². The number of hydrogen-bond acceptors (Lipinski definition) is 3. The molecule has 0 unspecified atom stereocenters. The Labute approximate surface area is 103 Å². The number of sulfone groups is 1. The van der Waals surface area contributed by atoms with Crippen molar-refractivity contribution in [1.82, 2.24) is 0 Å². The van der Waals surface area contributed by atoms with Crippen molar-refractivity contribution in [2.75, 3.05) is 12.4 Å². The number of hydrogen-bond donors (Lipinski definition) is 1. The molecule has 3 nitrogen and oxygen atoms in total. The summed E-state index contributed by atoms with van der Waals surface area (Å²) in [6.07, 6.45) is 0.312. The third kappa shape index (κ3) is 4.88. The fourth-order valence-electron chi connectivity index (χ4n) is 1.61. The first-order valence-electron chi connectivity index (χ1n) is 5.85. The topological polar surface area (TPSA) is 54.4 Å². The molecular weight excluding hydrogens is 236 g/mol. The van der Waals surface area contributed by atoms with Crippen molar-refractivity contribution >= 4 is 9.84 Å². The zero-order valence-corrected chi connectivity index (χ0v) is 11.2. The average molecular weight is 256 g/mol.